The monoisotopic (exact) mass is 384 g/mol. The molecule has 5 nitrogen and oxygen atoms in total. The Morgan fingerprint density at radius 3 is 2.48 bits per heavy atom. The van der Waals surface area contributed by atoms with E-state index >= 15 is 0 Å². The van der Waals surface area contributed by atoms with Crippen LogP contribution in [0.1, 0.15) is 12.5 Å². The van der Waals surface area contributed by atoms with E-state index in [9.17, 15) is 9.90 Å². The third kappa shape index (κ3) is 6.46. The SMILES string of the molecule is CC(Oc1ccc(O)cc1)C(=O)OCCOCc1ccc(Cl)c(Cl)c1. The molecule has 0 aromatic heterocycles. The second-order valence-corrected chi connectivity index (χ2v) is 6.04. The normalized spacial score (nSPS) is 11.8. The number of phenols is 1. The predicted molar refractivity (Wildman–Crippen MR) is 95.3 cm³/mol. The Morgan fingerprint density at radius 1 is 1.08 bits per heavy atom. The summed E-state index contributed by atoms with van der Waals surface area (Å²) in [5.41, 5.74) is 0.879. The molecule has 0 bridgehead atoms. The molecule has 0 heterocycles. The lowest BCUT2D eigenvalue weighted by atomic mass is 10.2. The Hall–Kier alpha value is -1.95. The van der Waals surface area contributed by atoms with Crippen molar-refractivity contribution in [2.75, 3.05) is 13.2 Å². The molecular weight excluding hydrogens is 367 g/mol. The molecule has 2 aromatic rings. The zero-order chi connectivity index (χ0) is 18.2. The molecule has 7 heteroatoms. The topological polar surface area (TPSA) is 65.0 Å². The number of ether oxygens (including phenoxy) is 3. The number of carbonyl (C=O) groups excluding carboxylic acids is 1. The Labute approximate surface area is 156 Å². The van der Waals surface area contributed by atoms with E-state index in [1.54, 1.807) is 31.2 Å². The van der Waals surface area contributed by atoms with Gasteiger partial charge in [0.2, 0.25) is 0 Å². The zero-order valence-corrected chi connectivity index (χ0v) is 15.1. The van der Waals surface area contributed by atoms with E-state index in [-0.39, 0.29) is 19.0 Å². The number of hydrogen-bond acceptors (Lipinski definition) is 5. The van der Waals surface area contributed by atoms with Gasteiger partial charge in [-0.3, -0.25) is 0 Å². The highest BCUT2D eigenvalue weighted by Gasteiger charge is 2.16. The maximum atomic E-state index is 11.8. The number of hydrogen-bond donors (Lipinski definition) is 1. The van der Waals surface area contributed by atoms with Crippen molar-refractivity contribution in [3.05, 3.63) is 58.1 Å². The number of aromatic hydroxyl groups is 1. The van der Waals surface area contributed by atoms with Gasteiger partial charge < -0.3 is 19.3 Å². The van der Waals surface area contributed by atoms with Gasteiger partial charge in [0, 0.05) is 0 Å². The molecule has 1 unspecified atom stereocenters. The van der Waals surface area contributed by atoms with Crippen molar-refractivity contribution >= 4 is 29.2 Å². The standard InChI is InChI=1S/C18H18Cl2O5/c1-12(25-15-5-3-14(21)4-6-15)18(22)24-9-8-23-11-13-2-7-16(19)17(20)10-13/h2-7,10,12,21H,8-9,11H2,1H3. The van der Waals surface area contributed by atoms with Crippen LogP contribution in [-0.2, 0) is 20.9 Å². The van der Waals surface area contributed by atoms with Gasteiger partial charge >= 0.3 is 5.97 Å². The minimum absolute atomic E-state index is 0.115. The molecule has 0 aliphatic heterocycles. The van der Waals surface area contributed by atoms with Crippen LogP contribution < -0.4 is 4.74 Å². The number of halogens is 2. The molecular formula is C18H18Cl2O5. The molecule has 0 saturated carbocycles. The number of carbonyl (C=O) groups is 1. The van der Waals surface area contributed by atoms with Crippen molar-refractivity contribution in [1.82, 2.24) is 0 Å². The minimum atomic E-state index is -0.764. The Morgan fingerprint density at radius 2 is 1.80 bits per heavy atom. The summed E-state index contributed by atoms with van der Waals surface area (Å²) in [6.07, 6.45) is -0.764. The van der Waals surface area contributed by atoms with Crippen molar-refractivity contribution < 1.29 is 24.1 Å². The average molecular weight is 385 g/mol. The van der Waals surface area contributed by atoms with Crippen LogP contribution in [0.15, 0.2) is 42.5 Å². The fourth-order valence-corrected chi connectivity index (χ4v) is 2.24. The first-order chi connectivity index (χ1) is 12.0. The smallest absolute Gasteiger partial charge is 0.347 e. The minimum Gasteiger partial charge on any atom is -0.508 e. The van der Waals surface area contributed by atoms with Gasteiger partial charge in [-0.2, -0.15) is 0 Å². The van der Waals surface area contributed by atoms with Crippen LogP contribution in [0.5, 0.6) is 11.5 Å². The first kappa shape index (κ1) is 19.4. The number of phenolic OH excluding ortho intramolecular Hbond substituents is 1. The Bertz CT molecular complexity index is 703. The van der Waals surface area contributed by atoms with Gasteiger partial charge in [0.05, 0.1) is 23.3 Å². The molecule has 0 aliphatic rings. The van der Waals surface area contributed by atoms with Gasteiger partial charge in [-0.15, -0.1) is 0 Å². The average Bonchev–Trinajstić information content (AvgIpc) is 2.59. The largest absolute Gasteiger partial charge is 0.508 e. The molecule has 0 saturated heterocycles. The summed E-state index contributed by atoms with van der Waals surface area (Å²) in [5.74, 6) is 0.103. The number of esters is 1. The third-order valence-electron chi connectivity index (χ3n) is 3.21. The molecule has 0 radical (unpaired) electrons. The van der Waals surface area contributed by atoms with Gasteiger partial charge in [0.15, 0.2) is 6.10 Å². The van der Waals surface area contributed by atoms with Crippen LogP contribution in [0.25, 0.3) is 0 Å². The van der Waals surface area contributed by atoms with Gasteiger partial charge in [-0.1, -0.05) is 29.3 Å². The highest BCUT2D eigenvalue weighted by Crippen LogP contribution is 2.22. The molecule has 0 amide bonds. The van der Waals surface area contributed by atoms with Gasteiger partial charge in [0.1, 0.15) is 18.1 Å². The molecule has 134 valence electrons. The van der Waals surface area contributed by atoms with Crippen molar-refractivity contribution in [2.24, 2.45) is 0 Å². The molecule has 0 aliphatic carbocycles. The first-order valence-corrected chi connectivity index (χ1v) is 8.35. The molecule has 25 heavy (non-hydrogen) atoms. The van der Waals surface area contributed by atoms with Crippen LogP contribution in [0, 0.1) is 0 Å². The molecule has 0 fully saturated rings. The number of rotatable bonds is 8. The molecule has 1 N–H and O–H groups in total. The van der Waals surface area contributed by atoms with E-state index in [1.807, 2.05) is 6.07 Å². The van der Waals surface area contributed by atoms with E-state index in [0.29, 0.717) is 22.4 Å². The maximum absolute atomic E-state index is 11.8. The highest BCUT2D eigenvalue weighted by atomic mass is 35.5. The van der Waals surface area contributed by atoms with E-state index in [2.05, 4.69) is 0 Å². The first-order valence-electron chi connectivity index (χ1n) is 7.59. The Balaban J connectivity index is 1.65. The van der Waals surface area contributed by atoms with Crippen LogP contribution in [0.4, 0.5) is 0 Å². The summed E-state index contributed by atoms with van der Waals surface area (Å²) in [7, 11) is 0. The van der Waals surface area contributed by atoms with Gasteiger partial charge in [-0.05, 0) is 48.9 Å². The van der Waals surface area contributed by atoms with Crippen molar-refractivity contribution in [2.45, 2.75) is 19.6 Å². The van der Waals surface area contributed by atoms with E-state index in [1.165, 1.54) is 12.1 Å². The Kier molecular flexibility index (Phi) is 7.37. The van der Waals surface area contributed by atoms with Crippen molar-refractivity contribution in [3.8, 4) is 11.5 Å². The summed E-state index contributed by atoms with van der Waals surface area (Å²) in [5, 5.41) is 10.2. The van der Waals surface area contributed by atoms with Crippen molar-refractivity contribution in [3.63, 3.8) is 0 Å². The van der Waals surface area contributed by atoms with E-state index in [4.69, 9.17) is 37.4 Å². The zero-order valence-electron chi connectivity index (χ0n) is 13.6. The third-order valence-corrected chi connectivity index (χ3v) is 3.95. The quantitative estimate of drug-likeness (QED) is 0.544. The van der Waals surface area contributed by atoms with Gasteiger partial charge in [0.25, 0.3) is 0 Å². The van der Waals surface area contributed by atoms with Crippen LogP contribution in [-0.4, -0.2) is 30.4 Å². The lowest BCUT2D eigenvalue weighted by molar-refractivity contribution is -0.152. The van der Waals surface area contributed by atoms with E-state index < -0.39 is 12.1 Å². The van der Waals surface area contributed by atoms with E-state index in [0.717, 1.165) is 5.56 Å². The summed E-state index contributed by atoms with van der Waals surface area (Å²) >= 11 is 11.8. The highest BCUT2D eigenvalue weighted by molar-refractivity contribution is 6.42. The summed E-state index contributed by atoms with van der Waals surface area (Å²) in [6, 6.07) is 11.3. The summed E-state index contributed by atoms with van der Waals surface area (Å²) in [4.78, 5) is 11.8. The molecule has 2 rings (SSSR count). The molecule has 0 spiro atoms. The second kappa shape index (κ2) is 9.51. The summed E-state index contributed by atoms with van der Waals surface area (Å²) in [6.45, 7) is 2.29. The fraction of sp³-hybridized carbons (Fsp3) is 0.278. The van der Waals surface area contributed by atoms with Crippen LogP contribution >= 0.6 is 23.2 Å². The van der Waals surface area contributed by atoms with Crippen LogP contribution in [0.3, 0.4) is 0 Å². The fourth-order valence-electron chi connectivity index (χ4n) is 1.91. The lowest BCUT2D eigenvalue weighted by Crippen LogP contribution is -2.27. The summed E-state index contributed by atoms with van der Waals surface area (Å²) < 4.78 is 16.0. The molecule has 1 atom stereocenters. The van der Waals surface area contributed by atoms with Gasteiger partial charge in [-0.25, -0.2) is 4.79 Å². The maximum Gasteiger partial charge on any atom is 0.347 e. The lowest BCUT2D eigenvalue weighted by Gasteiger charge is -2.14. The second-order valence-electron chi connectivity index (χ2n) is 5.22. The molecule has 2 aromatic carbocycles. The predicted octanol–water partition coefficient (Wildman–Crippen LogP) is 4.23. The van der Waals surface area contributed by atoms with Crippen LogP contribution in [0.2, 0.25) is 10.0 Å². The van der Waals surface area contributed by atoms with Crippen molar-refractivity contribution in [1.29, 1.82) is 0 Å². The number of benzene rings is 2.